The maximum Gasteiger partial charge on any atom is 0.328 e. The van der Waals surface area contributed by atoms with Gasteiger partial charge in [-0.15, -0.1) is 0 Å². The van der Waals surface area contributed by atoms with Crippen molar-refractivity contribution in [2.45, 2.75) is 64.2 Å². The van der Waals surface area contributed by atoms with Gasteiger partial charge >= 0.3 is 11.9 Å². The first-order valence-electron chi connectivity index (χ1n) is 8.74. The first-order chi connectivity index (χ1) is 11.6. The first-order valence-corrected chi connectivity index (χ1v) is 8.74. The molecule has 0 aromatic rings. The van der Waals surface area contributed by atoms with Gasteiger partial charge in [-0.1, -0.05) is 81.1 Å². The van der Waals surface area contributed by atoms with Crippen molar-refractivity contribution in [3.05, 3.63) is 48.6 Å². The Morgan fingerprint density at radius 3 is 1.71 bits per heavy atom. The lowest BCUT2D eigenvalue weighted by molar-refractivity contribution is -0.137. The molecule has 4 nitrogen and oxygen atoms in total. The average molecular weight is 334 g/mol. The van der Waals surface area contributed by atoms with Crippen LogP contribution in [0.3, 0.4) is 0 Å². The van der Waals surface area contributed by atoms with Gasteiger partial charge < -0.3 is 10.2 Å². The Labute approximate surface area is 145 Å². The van der Waals surface area contributed by atoms with E-state index in [1.807, 2.05) is 18.2 Å². The minimum absolute atomic E-state index is 0.301. The molecule has 24 heavy (non-hydrogen) atoms. The number of hydrogen-bond donors (Lipinski definition) is 2. The summed E-state index contributed by atoms with van der Waals surface area (Å²) >= 11 is 0. The van der Waals surface area contributed by atoms with Crippen LogP contribution in [-0.2, 0) is 9.59 Å². The molecule has 134 valence electrons. The fourth-order valence-corrected chi connectivity index (χ4v) is 2.17. The topological polar surface area (TPSA) is 74.6 Å². The van der Waals surface area contributed by atoms with Crippen molar-refractivity contribution in [1.29, 1.82) is 0 Å². The van der Waals surface area contributed by atoms with Crippen molar-refractivity contribution in [1.82, 2.24) is 0 Å². The summed E-state index contributed by atoms with van der Waals surface area (Å²) in [5, 5.41) is 16.9. The van der Waals surface area contributed by atoms with Gasteiger partial charge in [0.15, 0.2) is 0 Å². The van der Waals surface area contributed by atoms with E-state index in [0.717, 1.165) is 31.8 Å². The normalized spacial score (nSPS) is 12.2. The van der Waals surface area contributed by atoms with Gasteiger partial charge in [0, 0.05) is 12.5 Å². The van der Waals surface area contributed by atoms with Crippen LogP contribution in [0, 0.1) is 0 Å². The molecular formula is C20H30O4. The van der Waals surface area contributed by atoms with Gasteiger partial charge in [0.2, 0.25) is 0 Å². The Morgan fingerprint density at radius 1 is 0.625 bits per heavy atom. The molecule has 2 N–H and O–H groups in total. The summed E-state index contributed by atoms with van der Waals surface area (Å²) in [7, 11) is 0. The highest BCUT2D eigenvalue weighted by molar-refractivity contribution is 5.80. The molecule has 0 saturated carbocycles. The summed E-state index contributed by atoms with van der Waals surface area (Å²) < 4.78 is 0. The minimum Gasteiger partial charge on any atom is -0.481 e. The third-order valence-electron chi connectivity index (χ3n) is 3.44. The lowest BCUT2D eigenvalue weighted by Crippen LogP contribution is -1.93. The molecule has 4 heteroatoms. The van der Waals surface area contributed by atoms with E-state index in [1.165, 1.54) is 38.2 Å². The summed E-state index contributed by atoms with van der Waals surface area (Å²) in [5.41, 5.74) is 0. The lowest BCUT2D eigenvalue weighted by Gasteiger charge is -2.00. The van der Waals surface area contributed by atoms with E-state index in [4.69, 9.17) is 10.2 Å². The minimum atomic E-state index is -0.943. The predicted molar refractivity (Wildman–Crippen MR) is 98.0 cm³/mol. The van der Waals surface area contributed by atoms with Gasteiger partial charge in [0.05, 0.1) is 0 Å². The van der Waals surface area contributed by atoms with E-state index in [-0.39, 0.29) is 0 Å². The van der Waals surface area contributed by atoms with Gasteiger partial charge in [0.1, 0.15) is 0 Å². The van der Waals surface area contributed by atoms with E-state index in [1.54, 1.807) is 12.2 Å². The number of carboxylic acids is 2. The Hall–Kier alpha value is -2.10. The number of allylic oxidation sites excluding steroid dienone is 7. The van der Waals surface area contributed by atoms with Gasteiger partial charge in [-0.3, -0.25) is 4.79 Å². The van der Waals surface area contributed by atoms with Crippen LogP contribution in [0.4, 0.5) is 0 Å². The third-order valence-corrected chi connectivity index (χ3v) is 3.44. The Balaban J connectivity index is 3.34. The molecule has 0 spiro atoms. The maximum atomic E-state index is 10.3. The van der Waals surface area contributed by atoms with Crippen molar-refractivity contribution in [2.75, 3.05) is 0 Å². The van der Waals surface area contributed by atoms with Crippen LogP contribution < -0.4 is 0 Å². The number of carbonyl (C=O) groups is 2. The average Bonchev–Trinajstić information content (AvgIpc) is 2.53. The van der Waals surface area contributed by atoms with Crippen LogP contribution in [0.5, 0.6) is 0 Å². The Kier molecular flexibility index (Phi) is 15.7. The summed E-state index contributed by atoms with van der Waals surface area (Å²) in [6.07, 6.45) is 24.5. The SMILES string of the molecule is O=C(O)C=CC=CC=CC=CCCCCCCCCCCC(=O)O. The third kappa shape index (κ3) is 19.9. The number of carboxylic acid groups (broad SMARTS) is 2. The zero-order valence-electron chi connectivity index (χ0n) is 14.4. The molecule has 0 amide bonds. The molecule has 0 saturated heterocycles. The van der Waals surface area contributed by atoms with E-state index >= 15 is 0 Å². The molecule has 0 aliphatic heterocycles. The van der Waals surface area contributed by atoms with Crippen molar-refractivity contribution in [3.63, 3.8) is 0 Å². The monoisotopic (exact) mass is 334 g/mol. The van der Waals surface area contributed by atoms with E-state index < -0.39 is 11.9 Å². The van der Waals surface area contributed by atoms with Gasteiger partial charge in [-0.2, -0.15) is 0 Å². The van der Waals surface area contributed by atoms with Crippen molar-refractivity contribution < 1.29 is 19.8 Å². The lowest BCUT2D eigenvalue weighted by atomic mass is 10.1. The number of hydrogen-bond acceptors (Lipinski definition) is 2. The van der Waals surface area contributed by atoms with E-state index in [9.17, 15) is 9.59 Å². The molecule has 0 aromatic carbocycles. The zero-order valence-corrected chi connectivity index (χ0v) is 14.4. The first kappa shape index (κ1) is 21.9. The fraction of sp³-hybridized carbons (Fsp3) is 0.500. The van der Waals surface area contributed by atoms with Crippen molar-refractivity contribution in [2.24, 2.45) is 0 Å². The molecule has 0 unspecified atom stereocenters. The van der Waals surface area contributed by atoms with Gasteiger partial charge in [0.25, 0.3) is 0 Å². The second kappa shape index (κ2) is 17.3. The van der Waals surface area contributed by atoms with Crippen LogP contribution in [0.15, 0.2) is 48.6 Å². The van der Waals surface area contributed by atoms with Crippen molar-refractivity contribution >= 4 is 11.9 Å². The summed E-state index contributed by atoms with van der Waals surface area (Å²) in [4.78, 5) is 20.6. The summed E-state index contributed by atoms with van der Waals surface area (Å²) in [6.45, 7) is 0. The number of rotatable bonds is 15. The maximum absolute atomic E-state index is 10.3. The number of aliphatic carboxylic acids is 2. The standard InChI is InChI=1S/C20H30O4/c21-19(22)17-15-13-11-9-7-5-3-1-2-4-6-8-10-12-14-16-18-20(23)24/h3,5,7,9,11,13,15,17H,1-2,4,6,8,10,12,14,16,18H2,(H,21,22)(H,23,24). The summed E-state index contributed by atoms with van der Waals surface area (Å²) in [5.74, 6) is -1.63. The Morgan fingerprint density at radius 2 is 1.12 bits per heavy atom. The Bertz CT molecular complexity index is 445. The quantitative estimate of drug-likeness (QED) is 0.243. The smallest absolute Gasteiger partial charge is 0.328 e. The molecule has 0 radical (unpaired) electrons. The second-order valence-corrected chi connectivity index (χ2v) is 5.66. The molecule has 0 bridgehead atoms. The number of unbranched alkanes of at least 4 members (excludes halogenated alkanes) is 8. The largest absolute Gasteiger partial charge is 0.481 e. The van der Waals surface area contributed by atoms with Crippen LogP contribution in [0.1, 0.15) is 64.2 Å². The molecule has 0 atom stereocenters. The second-order valence-electron chi connectivity index (χ2n) is 5.66. The molecule has 0 aliphatic carbocycles. The molecular weight excluding hydrogens is 304 g/mol. The van der Waals surface area contributed by atoms with E-state index in [0.29, 0.717) is 6.42 Å². The molecule has 0 aromatic heterocycles. The van der Waals surface area contributed by atoms with Crippen molar-refractivity contribution in [3.8, 4) is 0 Å². The highest BCUT2D eigenvalue weighted by atomic mass is 16.4. The molecule has 0 heterocycles. The fourth-order valence-electron chi connectivity index (χ4n) is 2.17. The van der Waals surface area contributed by atoms with E-state index in [2.05, 4.69) is 6.08 Å². The molecule has 0 fully saturated rings. The van der Waals surface area contributed by atoms with Crippen LogP contribution in [0.2, 0.25) is 0 Å². The van der Waals surface area contributed by atoms with Crippen LogP contribution in [0.25, 0.3) is 0 Å². The highest BCUT2D eigenvalue weighted by Gasteiger charge is 1.96. The molecule has 0 aliphatic rings. The van der Waals surface area contributed by atoms with Gasteiger partial charge in [-0.25, -0.2) is 4.79 Å². The van der Waals surface area contributed by atoms with Crippen LogP contribution in [-0.4, -0.2) is 22.2 Å². The zero-order chi connectivity index (χ0) is 17.9. The molecule has 0 rings (SSSR count). The highest BCUT2D eigenvalue weighted by Crippen LogP contribution is 2.10. The predicted octanol–water partition coefficient (Wildman–Crippen LogP) is 5.28. The summed E-state index contributed by atoms with van der Waals surface area (Å²) in [6, 6.07) is 0. The van der Waals surface area contributed by atoms with Crippen LogP contribution >= 0.6 is 0 Å². The van der Waals surface area contributed by atoms with Gasteiger partial charge in [-0.05, 0) is 19.3 Å².